The number of unbranched alkanes of at least 4 members (excludes halogenated alkanes) is 1. The molecule has 0 spiro atoms. The first-order chi connectivity index (χ1) is 8.33. The van der Waals surface area contributed by atoms with Gasteiger partial charge in [-0.1, -0.05) is 16.8 Å². The number of rotatable bonds is 8. The van der Waals surface area contributed by atoms with Gasteiger partial charge in [0.05, 0.1) is 0 Å². The van der Waals surface area contributed by atoms with Crippen LogP contribution in [0.15, 0.2) is 16.8 Å². The van der Waals surface area contributed by atoms with Crippen molar-refractivity contribution in [3.63, 3.8) is 0 Å². The molecule has 0 amide bonds. The Balaban J connectivity index is 1.89. The van der Waals surface area contributed by atoms with Crippen LogP contribution in [0.4, 0.5) is 0 Å². The molecule has 0 aromatic carbocycles. The van der Waals surface area contributed by atoms with E-state index in [0.29, 0.717) is 12.3 Å². The molecule has 4 N–H and O–H groups in total. The van der Waals surface area contributed by atoms with Gasteiger partial charge in [0, 0.05) is 6.42 Å². The minimum Gasteiger partial charge on any atom is -0.409 e. The van der Waals surface area contributed by atoms with Crippen molar-refractivity contribution in [1.82, 2.24) is 5.32 Å². The fourth-order valence-corrected chi connectivity index (χ4v) is 2.11. The van der Waals surface area contributed by atoms with E-state index in [4.69, 9.17) is 10.9 Å². The van der Waals surface area contributed by atoms with Gasteiger partial charge in [0.1, 0.15) is 5.84 Å². The zero-order valence-corrected chi connectivity index (χ0v) is 10.6. The van der Waals surface area contributed by atoms with Gasteiger partial charge in [-0.05, 0) is 58.0 Å². The van der Waals surface area contributed by atoms with Crippen LogP contribution in [-0.4, -0.2) is 24.1 Å². The molecule has 0 saturated carbocycles. The molecule has 0 atom stereocenters. The van der Waals surface area contributed by atoms with Gasteiger partial charge in [-0.15, -0.1) is 0 Å². The first-order valence-corrected chi connectivity index (χ1v) is 6.68. The quantitative estimate of drug-likeness (QED) is 0.152. The van der Waals surface area contributed by atoms with Crippen LogP contribution in [0.25, 0.3) is 0 Å². The molecule has 0 aliphatic heterocycles. The van der Waals surface area contributed by atoms with Crippen LogP contribution < -0.4 is 11.1 Å². The molecular weight excluding hydrogens is 214 g/mol. The van der Waals surface area contributed by atoms with Crippen molar-refractivity contribution < 1.29 is 5.21 Å². The Bertz CT molecular complexity index is 261. The maximum Gasteiger partial charge on any atom is 0.139 e. The summed E-state index contributed by atoms with van der Waals surface area (Å²) in [5, 5.41) is 14.8. The SMILES string of the molecule is NC(CCCCNCCC1=CCCCC1)=NO. The van der Waals surface area contributed by atoms with Gasteiger partial charge in [-0.25, -0.2) is 0 Å². The largest absolute Gasteiger partial charge is 0.409 e. The molecule has 1 aliphatic rings. The molecule has 0 aromatic heterocycles. The third-order valence-electron chi connectivity index (χ3n) is 3.17. The van der Waals surface area contributed by atoms with Crippen LogP contribution in [0.2, 0.25) is 0 Å². The van der Waals surface area contributed by atoms with Gasteiger partial charge in [-0.2, -0.15) is 0 Å². The van der Waals surface area contributed by atoms with Crippen LogP contribution in [0.5, 0.6) is 0 Å². The van der Waals surface area contributed by atoms with E-state index in [9.17, 15) is 0 Å². The number of amidine groups is 1. The van der Waals surface area contributed by atoms with Crippen molar-refractivity contribution >= 4 is 5.84 Å². The smallest absolute Gasteiger partial charge is 0.139 e. The molecule has 0 heterocycles. The summed E-state index contributed by atoms with van der Waals surface area (Å²) in [7, 11) is 0. The standard InChI is InChI=1S/C13H25N3O/c14-13(16-17)8-4-5-10-15-11-9-12-6-2-1-3-7-12/h6,15,17H,1-5,7-11H2,(H2,14,16). The molecule has 0 radical (unpaired) electrons. The monoisotopic (exact) mass is 239 g/mol. The highest BCUT2D eigenvalue weighted by atomic mass is 16.4. The van der Waals surface area contributed by atoms with Crippen molar-refractivity contribution in [2.24, 2.45) is 10.9 Å². The Kier molecular flexibility index (Phi) is 7.47. The highest BCUT2D eigenvalue weighted by Crippen LogP contribution is 2.19. The normalized spacial score (nSPS) is 16.9. The van der Waals surface area contributed by atoms with Gasteiger partial charge in [0.15, 0.2) is 0 Å². The van der Waals surface area contributed by atoms with Gasteiger partial charge in [0.25, 0.3) is 0 Å². The number of hydrogen-bond donors (Lipinski definition) is 3. The van der Waals surface area contributed by atoms with Crippen molar-refractivity contribution in [3.8, 4) is 0 Å². The molecule has 1 aliphatic carbocycles. The predicted molar refractivity (Wildman–Crippen MR) is 71.3 cm³/mol. The molecule has 4 heteroatoms. The average molecular weight is 239 g/mol. The van der Waals surface area contributed by atoms with Crippen molar-refractivity contribution in [1.29, 1.82) is 0 Å². The highest BCUT2D eigenvalue weighted by molar-refractivity contribution is 5.79. The zero-order valence-electron chi connectivity index (χ0n) is 10.6. The number of allylic oxidation sites excluding steroid dienone is 1. The maximum absolute atomic E-state index is 8.36. The Morgan fingerprint density at radius 2 is 2.24 bits per heavy atom. The molecule has 0 aromatic rings. The highest BCUT2D eigenvalue weighted by Gasteiger charge is 2.02. The summed E-state index contributed by atoms with van der Waals surface area (Å²) >= 11 is 0. The van der Waals surface area contributed by atoms with Crippen LogP contribution in [0.1, 0.15) is 51.4 Å². The zero-order chi connectivity index (χ0) is 12.3. The molecule has 17 heavy (non-hydrogen) atoms. The lowest BCUT2D eigenvalue weighted by molar-refractivity contribution is 0.316. The Hall–Kier alpha value is -1.03. The van der Waals surface area contributed by atoms with E-state index in [1.165, 1.54) is 32.1 Å². The topological polar surface area (TPSA) is 70.6 Å². The van der Waals surface area contributed by atoms with Crippen LogP contribution in [0.3, 0.4) is 0 Å². The second kappa shape index (κ2) is 9.05. The lowest BCUT2D eigenvalue weighted by atomic mass is 9.97. The van der Waals surface area contributed by atoms with E-state index in [1.807, 2.05) is 0 Å². The summed E-state index contributed by atoms with van der Waals surface area (Å²) in [6.45, 7) is 2.10. The molecule has 0 bridgehead atoms. The van der Waals surface area contributed by atoms with E-state index in [2.05, 4.69) is 16.5 Å². The molecule has 0 fully saturated rings. The molecule has 98 valence electrons. The van der Waals surface area contributed by atoms with Crippen LogP contribution in [0, 0.1) is 0 Å². The van der Waals surface area contributed by atoms with E-state index in [1.54, 1.807) is 5.57 Å². The summed E-state index contributed by atoms with van der Waals surface area (Å²) in [6, 6.07) is 0. The molecule has 4 nitrogen and oxygen atoms in total. The van der Waals surface area contributed by atoms with Gasteiger partial charge in [0.2, 0.25) is 0 Å². The molecule has 1 rings (SSSR count). The molecular formula is C13H25N3O. The number of nitrogens with one attached hydrogen (secondary N) is 1. The van der Waals surface area contributed by atoms with Crippen LogP contribution in [-0.2, 0) is 0 Å². The van der Waals surface area contributed by atoms with Gasteiger partial charge < -0.3 is 16.3 Å². The lowest BCUT2D eigenvalue weighted by Crippen LogP contribution is -2.18. The third kappa shape index (κ3) is 7.00. The minimum absolute atomic E-state index is 0.331. The first-order valence-electron chi connectivity index (χ1n) is 6.68. The second-order valence-corrected chi connectivity index (χ2v) is 4.66. The van der Waals surface area contributed by atoms with E-state index < -0.39 is 0 Å². The van der Waals surface area contributed by atoms with Crippen molar-refractivity contribution in [2.45, 2.75) is 51.4 Å². The molecule has 0 saturated heterocycles. The Morgan fingerprint density at radius 1 is 1.35 bits per heavy atom. The Morgan fingerprint density at radius 3 is 2.94 bits per heavy atom. The van der Waals surface area contributed by atoms with E-state index in [-0.39, 0.29) is 0 Å². The summed E-state index contributed by atoms with van der Waals surface area (Å²) in [6.07, 6.45) is 11.6. The van der Waals surface area contributed by atoms with Crippen molar-refractivity contribution in [3.05, 3.63) is 11.6 Å². The fraction of sp³-hybridized carbons (Fsp3) is 0.769. The summed E-state index contributed by atoms with van der Waals surface area (Å²) in [5.41, 5.74) is 7.01. The summed E-state index contributed by atoms with van der Waals surface area (Å²) in [4.78, 5) is 0. The second-order valence-electron chi connectivity index (χ2n) is 4.66. The number of nitrogens with two attached hydrogens (primary N) is 1. The number of oxime groups is 1. The molecule has 0 unspecified atom stereocenters. The first kappa shape index (κ1) is 14.0. The van der Waals surface area contributed by atoms with E-state index in [0.717, 1.165) is 25.9 Å². The van der Waals surface area contributed by atoms with Gasteiger partial charge in [-0.3, -0.25) is 0 Å². The van der Waals surface area contributed by atoms with Gasteiger partial charge >= 0.3 is 0 Å². The summed E-state index contributed by atoms with van der Waals surface area (Å²) in [5.74, 6) is 0.331. The maximum atomic E-state index is 8.36. The van der Waals surface area contributed by atoms with Crippen LogP contribution >= 0.6 is 0 Å². The minimum atomic E-state index is 0.331. The van der Waals surface area contributed by atoms with E-state index >= 15 is 0 Å². The third-order valence-corrected chi connectivity index (χ3v) is 3.17. The fourth-order valence-electron chi connectivity index (χ4n) is 2.11. The predicted octanol–water partition coefficient (Wildman–Crippen LogP) is 2.38. The summed E-state index contributed by atoms with van der Waals surface area (Å²) < 4.78 is 0. The number of nitrogens with zero attached hydrogens (tertiary/aromatic N) is 1. The average Bonchev–Trinajstić information content (AvgIpc) is 2.38. The van der Waals surface area contributed by atoms with Crippen molar-refractivity contribution in [2.75, 3.05) is 13.1 Å². The lowest BCUT2D eigenvalue weighted by Gasteiger charge is -2.12. The Labute approximate surface area is 104 Å². The number of hydrogen-bond acceptors (Lipinski definition) is 3.